The van der Waals surface area contributed by atoms with Crippen molar-refractivity contribution in [2.24, 2.45) is 0 Å². The molecule has 4 nitrogen and oxygen atoms in total. The third kappa shape index (κ3) is 1.90. The van der Waals surface area contributed by atoms with Crippen LogP contribution in [0.2, 0.25) is 5.15 Å². The fraction of sp³-hybridized carbons (Fsp3) is 0.235. The monoisotopic (exact) mass is 308 g/mol. The molecule has 0 spiro atoms. The van der Waals surface area contributed by atoms with Gasteiger partial charge in [0, 0.05) is 17.6 Å². The minimum Gasteiger partial charge on any atom is -0.244 e. The average Bonchev–Trinajstić information content (AvgIpc) is 2.90. The number of fused-ring (bicyclic) bond motifs is 1. The summed E-state index contributed by atoms with van der Waals surface area (Å²) in [6.45, 7) is 0. The van der Waals surface area contributed by atoms with E-state index in [1.165, 1.54) is 0 Å². The Morgan fingerprint density at radius 3 is 2.77 bits per heavy atom. The fourth-order valence-electron chi connectivity index (χ4n) is 3.04. The van der Waals surface area contributed by atoms with Crippen molar-refractivity contribution in [3.05, 3.63) is 53.4 Å². The maximum absolute atomic E-state index is 9.54. The highest BCUT2D eigenvalue weighted by Crippen LogP contribution is 2.43. The van der Waals surface area contributed by atoms with Crippen LogP contribution in [0.3, 0.4) is 0 Å². The van der Waals surface area contributed by atoms with Gasteiger partial charge in [-0.3, -0.25) is 0 Å². The normalized spacial score (nSPS) is 16.2. The molecule has 1 aliphatic carbocycles. The van der Waals surface area contributed by atoms with Gasteiger partial charge in [0.1, 0.15) is 5.15 Å². The molecule has 0 radical (unpaired) electrons. The van der Waals surface area contributed by atoms with Crippen molar-refractivity contribution in [2.45, 2.75) is 24.7 Å². The molecular formula is C17H13ClN4. The summed E-state index contributed by atoms with van der Waals surface area (Å²) in [6, 6.07) is 12.3. The molecule has 1 fully saturated rings. The van der Waals surface area contributed by atoms with Gasteiger partial charge in [0.15, 0.2) is 0 Å². The Kier molecular flexibility index (Phi) is 2.91. The minimum absolute atomic E-state index is 0.320. The minimum atomic E-state index is -0.320. The Hall–Kier alpha value is -2.38. The number of rotatable bonds is 2. The number of nitriles is 1. The molecule has 5 heteroatoms. The van der Waals surface area contributed by atoms with Crippen molar-refractivity contribution >= 4 is 22.5 Å². The van der Waals surface area contributed by atoms with Crippen molar-refractivity contribution in [3.63, 3.8) is 0 Å². The number of benzene rings is 1. The molecule has 4 rings (SSSR count). The van der Waals surface area contributed by atoms with Gasteiger partial charge in [-0.1, -0.05) is 23.7 Å². The average molecular weight is 309 g/mol. The molecule has 22 heavy (non-hydrogen) atoms. The van der Waals surface area contributed by atoms with Crippen LogP contribution in [0, 0.1) is 11.3 Å². The second-order valence-corrected chi connectivity index (χ2v) is 6.10. The maximum atomic E-state index is 9.54. The summed E-state index contributed by atoms with van der Waals surface area (Å²) in [5.41, 5.74) is 2.61. The number of halogens is 1. The molecule has 1 saturated carbocycles. The van der Waals surface area contributed by atoms with Crippen LogP contribution in [-0.2, 0) is 5.41 Å². The van der Waals surface area contributed by atoms with Crippen LogP contribution in [-0.4, -0.2) is 14.8 Å². The number of nitrogens with zero attached hydrogens (tertiary/aromatic N) is 4. The van der Waals surface area contributed by atoms with Gasteiger partial charge in [0.25, 0.3) is 0 Å². The first-order valence-electron chi connectivity index (χ1n) is 7.23. The topological polar surface area (TPSA) is 54.5 Å². The summed E-state index contributed by atoms with van der Waals surface area (Å²) in [6.07, 6.45) is 6.48. The van der Waals surface area contributed by atoms with Gasteiger partial charge in [0.05, 0.1) is 28.9 Å². The van der Waals surface area contributed by atoms with Gasteiger partial charge >= 0.3 is 0 Å². The summed E-state index contributed by atoms with van der Waals surface area (Å²) >= 11 is 5.98. The number of hydrogen-bond donors (Lipinski definition) is 0. The van der Waals surface area contributed by atoms with Crippen molar-refractivity contribution in [3.8, 4) is 11.8 Å². The lowest BCUT2D eigenvalue weighted by Crippen LogP contribution is -2.32. The molecule has 2 aromatic heterocycles. The molecule has 0 bridgehead atoms. The Bertz CT molecular complexity index is 902. The molecule has 1 aliphatic rings. The zero-order valence-electron chi connectivity index (χ0n) is 11.8. The second-order valence-electron chi connectivity index (χ2n) is 5.71. The summed E-state index contributed by atoms with van der Waals surface area (Å²) in [4.78, 5) is 4.00. The fourth-order valence-corrected chi connectivity index (χ4v) is 3.21. The number of hydrogen-bond acceptors (Lipinski definition) is 3. The Morgan fingerprint density at radius 2 is 2.09 bits per heavy atom. The van der Waals surface area contributed by atoms with E-state index in [0.717, 1.165) is 41.4 Å². The third-order valence-electron chi connectivity index (χ3n) is 4.50. The maximum Gasteiger partial charge on any atom is 0.131 e. The first kappa shape index (κ1) is 13.3. The highest BCUT2D eigenvalue weighted by atomic mass is 35.5. The molecule has 108 valence electrons. The summed E-state index contributed by atoms with van der Waals surface area (Å²) < 4.78 is 1.84. The van der Waals surface area contributed by atoms with Crippen LogP contribution in [0.5, 0.6) is 0 Å². The molecule has 0 unspecified atom stereocenters. The first-order valence-corrected chi connectivity index (χ1v) is 7.61. The quantitative estimate of drug-likeness (QED) is 0.672. The standard InChI is InChI=1S/C17H13ClN4/c18-16-9-14(4-7-20-16)22-15-8-13(3-2-12(15)10-21-22)17(11-19)5-1-6-17/h2-4,7-10H,1,5-6H2. The zero-order valence-corrected chi connectivity index (χ0v) is 12.6. The van der Waals surface area contributed by atoms with E-state index in [-0.39, 0.29) is 5.41 Å². The third-order valence-corrected chi connectivity index (χ3v) is 4.71. The van der Waals surface area contributed by atoms with E-state index in [1.54, 1.807) is 12.3 Å². The lowest BCUT2D eigenvalue weighted by Gasteiger charge is -2.35. The van der Waals surface area contributed by atoms with Gasteiger partial charge < -0.3 is 0 Å². The van der Waals surface area contributed by atoms with Crippen LogP contribution < -0.4 is 0 Å². The largest absolute Gasteiger partial charge is 0.244 e. The molecule has 0 aliphatic heterocycles. The van der Waals surface area contributed by atoms with Gasteiger partial charge in [-0.25, -0.2) is 9.67 Å². The van der Waals surface area contributed by atoms with Crippen molar-refractivity contribution in [2.75, 3.05) is 0 Å². The van der Waals surface area contributed by atoms with E-state index in [1.807, 2.05) is 23.0 Å². The predicted octanol–water partition coefficient (Wildman–Crippen LogP) is 4.02. The smallest absolute Gasteiger partial charge is 0.131 e. The zero-order chi connectivity index (χ0) is 15.2. The molecule has 3 aromatic rings. The molecule has 1 aromatic carbocycles. The van der Waals surface area contributed by atoms with Gasteiger partial charge in [0.2, 0.25) is 0 Å². The van der Waals surface area contributed by atoms with Gasteiger partial charge in [-0.15, -0.1) is 0 Å². The van der Waals surface area contributed by atoms with Crippen LogP contribution in [0.1, 0.15) is 24.8 Å². The van der Waals surface area contributed by atoms with Crippen molar-refractivity contribution in [1.29, 1.82) is 5.26 Å². The van der Waals surface area contributed by atoms with Crippen LogP contribution in [0.4, 0.5) is 0 Å². The number of pyridine rings is 1. The molecule has 0 amide bonds. The van der Waals surface area contributed by atoms with Crippen molar-refractivity contribution in [1.82, 2.24) is 14.8 Å². The highest BCUT2D eigenvalue weighted by molar-refractivity contribution is 6.29. The van der Waals surface area contributed by atoms with Crippen molar-refractivity contribution < 1.29 is 0 Å². The molecule has 2 heterocycles. The molecular weight excluding hydrogens is 296 g/mol. The van der Waals surface area contributed by atoms with E-state index < -0.39 is 0 Å². The van der Waals surface area contributed by atoms with E-state index in [2.05, 4.69) is 28.3 Å². The summed E-state index contributed by atoms with van der Waals surface area (Å²) in [7, 11) is 0. The second kappa shape index (κ2) is 4.82. The van der Waals surface area contributed by atoms with Crippen LogP contribution in [0.25, 0.3) is 16.6 Å². The van der Waals surface area contributed by atoms with Gasteiger partial charge in [-0.05, 0) is 37.0 Å². The SMILES string of the molecule is N#CC1(c2ccc3cnn(-c4ccnc(Cl)c4)c3c2)CCC1. The lowest BCUT2D eigenvalue weighted by atomic mass is 9.65. The van der Waals surface area contributed by atoms with E-state index >= 15 is 0 Å². The number of aromatic nitrogens is 3. The van der Waals surface area contributed by atoms with E-state index in [9.17, 15) is 5.26 Å². The summed E-state index contributed by atoms with van der Waals surface area (Å²) in [5, 5.41) is 15.5. The molecule has 0 atom stereocenters. The van der Waals surface area contributed by atoms with Crippen LogP contribution in [0.15, 0.2) is 42.7 Å². The van der Waals surface area contributed by atoms with Crippen LogP contribution >= 0.6 is 11.6 Å². The lowest BCUT2D eigenvalue weighted by molar-refractivity contribution is 0.324. The Morgan fingerprint density at radius 1 is 1.23 bits per heavy atom. The summed E-state index contributed by atoms with van der Waals surface area (Å²) in [5.74, 6) is 0. The van der Waals surface area contributed by atoms with E-state index in [0.29, 0.717) is 5.15 Å². The van der Waals surface area contributed by atoms with Gasteiger partial charge in [-0.2, -0.15) is 10.4 Å². The Balaban J connectivity index is 1.89. The van der Waals surface area contributed by atoms with E-state index in [4.69, 9.17) is 11.6 Å². The molecule has 0 N–H and O–H groups in total. The first-order chi connectivity index (χ1) is 10.7. The highest BCUT2D eigenvalue weighted by Gasteiger charge is 2.39. The predicted molar refractivity (Wildman–Crippen MR) is 85.0 cm³/mol. The Labute approximate surface area is 133 Å². The molecule has 0 saturated heterocycles.